The molecule has 36 heavy (non-hydrogen) atoms. The number of benzene rings is 3. The fourth-order valence-electron chi connectivity index (χ4n) is 5.26. The van der Waals surface area contributed by atoms with Gasteiger partial charge in [-0.2, -0.15) is 0 Å². The van der Waals surface area contributed by atoms with Crippen LogP contribution in [0.1, 0.15) is 39.0 Å². The van der Waals surface area contributed by atoms with Crippen LogP contribution in [0, 0.1) is 0 Å². The summed E-state index contributed by atoms with van der Waals surface area (Å²) in [4.78, 5) is 29.4. The van der Waals surface area contributed by atoms with Crippen LogP contribution in [0.3, 0.4) is 0 Å². The number of anilines is 1. The number of rotatable bonds is 6. The summed E-state index contributed by atoms with van der Waals surface area (Å²) in [6, 6.07) is 15.9. The summed E-state index contributed by atoms with van der Waals surface area (Å²) < 4.78 is 21.9. The first-order chi connectivity index (χ1) is 17.5. The van der Waals surface area contributed by atoms with Crippen LogP contribution in [0.15, 0.2) is 54.6 Å². The Kier molecular flexibility index (Phi) is 6.18. The SMILES string of the molecule is COc1ccc(OC)c(NC(=O)[C@@H]2c3ccccc3C(=O)N3CCc4cc(OC)c(OC)cc4[C@@H]23)c1. The molecule has 0 radical (unpaired) electrons. The largest absolute Gasteiger partial charge is 0.497 e. The quantitative estimate of drug-likeness (QED) is 0.560. The zero-order valence-electron chi connectivity index (χ0n) is 20.7. The summed E-state index contributed by atoms with van der Waals surface area (Å²) in [7, 11) is 6.28. The van der Waals surface area contributed by atoms with Gasteiger partial charge in [-0.25, -0.2) is 0 Å². The Labute approximate surface area is 209 Å². The van der Waals surface area contributed by atoms with Gasteiger partial charge in [0.15, 0.2) is 11.5 Å². The van der Waals surface area contributed by atoms with Gasteiger partial charge in [0.25, 0.3) is 5.91 Å². The van der Waals surface area contributed by atoms with Crippen molar-refractivity contribution in [3.05, 3.63) is 76.9 Å². The van der Waals surface area contributed by atoms with Crippen molar-refractivity contribution >= 4 is 17.5 Å². The lowest BCUT2D eigenvalue weighted by Crippen LogP contribution is -2.49. The van der Waals surface area contributed by atoms with E-state index in [4.69, 9.17) is 18.9 Å². The zero-order valence-corrected chi connectivity index (χ0v) is 20.7. The lowest BCUT2D eigenvalue weighted by molar-refractivity contribution is -0.119. The molecule has 8 nitrogen and oxygen atoms in total. The van der Waals surface area contributed by atoms with Crippen molar-refractivity contribution in [1.82, 2.24) is 4.90 Å². The molecule has 0 bridgehead atoms. The van der Waals surface area contributed by atoms with Crippen LogP contribution in [0.2, 0.25) is 0 Å². The Balaban J connectivity index is 1.65. The maximum absolute atomic E-state index is 14.0. The van der Waals surface area contributed by atoms with Gasteiger partial charge in [0, 0.05) is 18.2 Å². The minimum atomic E-state index is -0.660. The van der Waals surface area contributed by atoms with E-state index in [2.05, 4.69) is 5.32 Å². The van der Waals surface area contributed by atoms with Crippen LogP contribution in [0.25, 0.3) is 0 Å². The van der Waals surface area contributed by atoms with Crippen LogP contribution >= 0.6 is 0 Å². The standard InChI is InChI=1S/C28H28N2O6/c1-33-17-9-10-22(34-2)21(14-17)29-27(31)25-18-7-5-6-8-19(18)28(32)30-12-11-16-13-23(35-3)24(36-4)15-20(16)26(25)30/h5-10,13-15,25-26H,11-12H2,1-4H3,(H,29,31)/t25-,26+/m1/s1. The fourth-order valence-corrected chi connectivity index (χ4v) is 5.26. The van der Waals surface area contributed by atoms with Gasteiger partial charge in [-0.05, 0) is 53.4 Å². The number of hydrogen-bond acceptors (Lipinski definition) is 6. The number of amides is 2. The number of ether oxygens (including phenoxy) is 4. The monoisotopic (exact) mass is 488 g/mol. The third kappa shape index (κ3) is 3.79. The van der Waals surface area contributed by atoms with E-state index in [9.17, 15) is 9.59 Å². The number of hydrogen-bond donors (Lipinski definition) is 1. The third-order valence-electron chi connectivity index (χ3n) is 6.97. The molecule has 2 atom stereocenters. The van der Waals surface area contributed by atoms with Gasteiger partial charge < -0.3 is 29.2 Å². The highest BCUT2D eigenvalue weighted by Crippen LogP contribution is 2.48. The van der Waals surface area contributed by atoms with Crippen molar-refractivity contribution in [2.24, 2.45) is 0 Å². The van der Waals surface area contributed by atoms with E-state index in [1.807, 2.05) is 30.3 Å². The van der Waals surface area contributed by atoms with E-state index in [0.29, 0.717) is 52.8 Å². The Hall–Kier alpha value is -4.20. The second-order valence-corrected chi connectivity index (χ2v) is 8.72. The molecule has 0 fully saturated rings. The van der Waals surface area contributed by atoms with E-state index in [1.54, 1.807) is 57.6 Å². The lowest BCUT2D eigenvalue weighted by atomic mass is 9.75. The molecule has 0 spiro atoms. The van der Waals surface area contributed by atoms with Crippen LogP contribution in [-0.4, -0.2) is 51.7 Å². The lowest BCUT2D eigenvalue weighted by Gasteiger charge is -2.45. The molecular weight excluding hydrogens is 460 g/mol. The molecule has 0 saturated heterocycles. The van der Waals surface area contributed by atoms with Gasteiger partial charge in [-0.3, -0.25) is 9.59 Å². The Morgan fingerprint density at radius 1 is 0.861 bits per heavy atom. The summed E-state index contributed by atoms with van der Waals surface area (Å²) in [6.07, 6.45) is 0.651. The maximum Gasteiger partial charge on any atom is 0.254 e. The normalized spacial score (nSPS) is 17.9. The van der Waals surface area contributed by atoms with E-state index < -0.39 is 12.0 Å². The molecule has 2 aliphatic heterocycles. The first kappa shape index (κ1) is 23.5. The molecule has 3 aromatic rings. The average molecular weight is 489 g/mol. The van der Waals surface area contributed by atoms with Gasteiger partial charge in [0.1, 0.15) is 11.5 Å². The van der Waals surface area contributed by atoms with E-state index in [1.165, 1.54) is 0 Å². The average Bonchev–Trinajstić information content (AvgIpc) is 2.92. The van der Waals surface area contributed by atoms with Crippen LogP contribution in [0.5, 0.6) is 23.0 Å². The number of nitrogens with one attached hydrogen (secondary N) is 1. The number of methoxy groups -OCH3 is 4. The predicted molar refractivity (Wildman–Crippen MR) is 134 cm³/mol. The molecular formula is C28H28N2O6. The van der Waals surface area contributed by atoms with Gasteiger partial charge >= 0.3 is 0 Å². The van der Waals surface area contributed by atoms with Gasteiger partial charge in [0.05, 0.1) is 46.1 Å². The van der Waals surface area contributed by atoms with Crippen molar-refractivity contribution < 1.29 is 28.5 Å². The molecule has 2 aliphatic rings. The summed E-state index contributed by atoms with van der Waals surface area (Å²) in [6.45, 7) is 0.493. The summed E-state index contributed by atoms with van der Waals surface area (Å²) >= 11 is 0. The van der Waals surface area contributed by atoms with Crippen molar-refractivity contribution in [1.29, 1.82) is 0 Å². The molecule has 2 heterocycles. The highest BCUT2D eigenvalue weighted by molar-refractivity contribution is 6.05. The van der Waals surface area contributed by atoms with Crippen LogP contribution < -0.4 is 24.3 Å². The predicted octanol–water partition coefficient (Wildman–Crippen LogP) is 4.20. The Bertz CT molecular complexity index is 1340. The maximum atomic E-state index is 14.0. The summed E-state index contributed by atoms with van der Waals surface area (Å²) in [5.41, 5.74) is 3.62. The minimum absolute atomic E-state index is 0.0842. The molecule has 5 rings (SSSR count). The van der Waals surface area contributed by atoms with Gasteiger partial charge in [-0.15, -0.1) is 0 Å². The van der Waals surface area contributed by atoms with Gasteiger partial charge in [0.2, 0.25) is 5.91 Å². The number of fused-ring (bicyclic) bond motifs is 4. The highest BCUT2D eigenvalue weighted by atomic mass is 16.5. The second kappa shape index (κ2) is 9.45. The highest BCUT2D eigenvalue weighted by Gasteiger charge is 2.46. The Morgan fingerprint density at radius 2 is 1.58 bits per heavy atom. The molecule has 186 valence electrons. The summed E-state index contributed by atoms with van der Waals surface area (Å²) in [5.74, 6) is 1.28. The third-order valence-corrected chi connectivity index (χ3v) is 6.97. The fraction of sp³-hybridized carbons (Fsp3) is 0.286. The number of nitrogens with zero attached hydrogens (tertiary/aromatic N) is 1. The molecule has 1 N–H and O–H groups in total. The molecule has 3 aromatic carbocycles. The zero-order chi connectivity index (χ0) is 25.4. The molecule has 0 unspecified atom stereocenters. The van der Waals surface area contributed by atoms with Crippen LogP contribution in [0.4, 0.5) is 5.69 Å². The van der Waals surface area contributed by atoms with Crippen molar-refractivity contribution in [2.75, 3.05) is 40.3 Å². The topological polar surface area (TPSA) is 86.3 Å². The molecule has 8 heteroatoms. The number of carbonyl (C=O) groups is 2. The van der Waals surface area contributed by atoms with Crippen molar-refractivity contribution in [3.8, 4) is 23.0 Å². The minimum Gasteiger partial charge on any atom is -0.497 e. The van der Waals surface area contributed by atoms with E-state index in [-0.39, 0.29) is 11.8 Å². The molecule has 0 aromatic heterocycles. The molecule has 0 aliphatic carbocycles. The van der Waals surface area contributed by atoms with Crippen LogP contribution in [-0.2, 0) is 11.2 Å². The smallest absolute Gasteiger partial charge is 0.254 e. The molecule has 2 amide bonds. The summed E-state index contributed by atoms with van der Waals surface area (Å²) in [5, 5.41) is 3.04. The second-order valence-electron chi connectivity index (χ2n) is 8.72. The van der Waals surface area contributed by atoms with E-state index in [0.717, 1.165) is 11.1 Å². The van der Waals surface area contributed by atoms with Gasteiger partial charge in [-0.1, -0.05) is 18.2 Å². The Morgan fingerprint density at radius 3 is 2.31 bits per heavy atom. The van der Waals surface area contributed by atoms with Crippen molar-refractivity contribution in [2.45, 2.75) is 18.4 Å². The first-order valence-corrected chi connectivity index (χ1v) is 11.7. The van der Waals surface area contributed by atoms with Crippen molar-refractivity contribution in [3.63, 3.8) is 0 Å². The number of carbonyl (C=O) groups excluding carboxylic acids is 2. The molecule has 0 saturated carbocycles. The van der Waals surface area contributed by atoms with E-state index >= 15 is 0 Å². The first-order valence-electron chi connectivity index (χ1n) is 11.7.